The Kier molecular flexibility index (Phi) is 4.32. The highest BCUT2D eigenvalue weighted by Crippen LogP contribution is 2.31. The van der Waals surface area contributed by atoms with Crippen molar-refractivity contribution in [1.29, 1.82) is 0 Å². The van der Waals surface area contributed by atoms with Crippen molar-refractivity contribution < 1.29 is 17.6 Å². The Morgan fingerprint density at radius 3 is 2.55 bits per heavy atom. The molecule has 0 fully saturated rings. The summed E-state index contributed by atoms with van der Waals surface area (Å²) in [6.07, 6.45) is -3.84. The second-order valence-electron chi connectivity index (χ2n) is 4.57. The smallest absolute Gasteiger partial charge is 0.380 e. The third-order valence-electron chi connectivity index (χ3n) is 2.82. The molecule has 2 aromatic rings. The Bertz CT molecular complexity index is 563. The standard InChI is InChI=1S/C14H13F4NS/c1-9(6-10-4-5-20-8-10)19-13-3-2-11(7-12(13)15)14(16,17)18/h2-5,7-9,19H,6H2,1H3. The molecule has 2 rings (SSSR count). The molecule has 6 heteroatoms. The van der Waals surface area contributed by atoms with Gasteiger partial charge in [-0.3, -0.25) is 0 Å². The van der Waals surface area contributed by atoms with Crippen molar-refractivity contribution in [3.63, 3.8) is 0 Å². The molecule has 1 nitrogen and oxygen atoms in total. The van der Waals surface area contributed by atoms with E-state index in [1.54, 1.807) is 11.3 Å². The highest BCUT2D eigenvalue weighted by Gasteiger charge is 2.31. The normalized spacial score (nSPS) is 13.2. The van der Waals surface area contributed by atoms with Crippen LogP contribution in [0.4, 0.5) is 23.2 Å². The number of anilines is 1. The summed E-state index contributed by atoms with van der Waals surface area (Å²) in [5.41, 5.74) is 0.217. The molecule has 0 radical (unpaired) electrons. The lowest BCUT2D eigenvalue weighted by Gasteiger charge is -2.16. The number of alkyl halides is 3. The van der Waals surface area contributed by atoms with Crippen LogP contribution in [0.3, 0.4) is 0 Å². The molecule has 1 N–H and O–H groups in total. The predicted octanol–water partition coefficient (Wildman–Crippen LogP) is 4.95. The van der Waals surface area contributed by atoms with E-state index in [4.69, 9.17) is 0 Å². The van der Waals surface area contributed by atoms with Crippen LogP contribution < -0.4 is 5.32 Å². The number of halogens is 4. The first-order valence-corrected chi connectivity index (χ1v) is 6.95. The Labute approximate surface area is 118 Å². The first-order chi connectivity index (χ1) is 9.36. The molecule has 0 aliphatic carbocycles. The summed E-state index contributed by atoms with van der Waals surface area (Å²) in [7, 11) is 0. The molecule has 0 saturated heterocycles. The van der Waals surface area contributed by atoms with Gasteiger partial charge in [-0.25, -0.2) is 4.39 Å². The van der Waals surface area contributed by atoms with Gasteiger partial charge < -0.3 is 5.32 Å². The monoisotopic (exact) mass is 303 g/mol. The molecule has 0 aliphatic rings. The fraction of sp³-hybridized carbons (Fsp3) is 0.286. The number of thiophene rings is 1. The van der Waals surface area contributed by atoms with E-state index >= 15 is 0 Å². The fourth-order valence-corrected chi connectivity index (χ4v) is 2.57. The van der Waals surface area contributed by atoms with Crippen molar-refractivity contribution in [2.75, 3.05) is 5.32 Å². The quantitative estimate of drug-likeness (QED) is 0.788. The first-order valence-electron chi connectivity index (χ1n) is 6.00. The van der Waals surface area contributed by atoms with Crippen LogP contribution in [0, 0.1) is 5.82 Å². The minimum Gasteiger partial charge on any atom is -0.380 e. The SMILES string of the molecule is CC(Cc1ccsc1)Nc1ccc(C(F)(F)F)cc1F. The zero-order valence-electron chi connectivity index (χ0n) is 10.7. The molecule has 1 unspecified atom stereocenters. The summed E-state index contributed by atoms with van der Waals surface area (Å²) >= 11 is 1.57. The maximum atomic E-state index is 13.7. The van der Waals surface area contributed by atoms with Crippen molar-refractivity contribution in [3.05, 3.63) is 52.0 Å². The Morgan fingerprint density at radius 2 is 2.00 bits per heavy atom. The zero-order valence-corrected chi connectivity index (χ0v) is 11.5. The molecule has 20 heavy (non-hydrogen) atoms. The molecule has 0 amide bonds. The summed E-state index contributed by atoms with van der Waals surface area (Å²) in [6, 6.07) is 4.41. The van der Waals surface area contributed by atoms with E-state index in [0.717, 1.165) is 17.7 Å². The lowest BCUT2D eigenvalue weighted by Crippen LogP contribution is -2.19. The number of benzene rings is 1. The van der Waals surface area contributed by atoms with Crippen molar-refractivity contribution in [2.45, 2.75) is 25.6 Å². The molecule has 0 spiro atoms. The van der Waals surface area contributed by atoms with E-state index in [9.17, 15) is 17.6 Å². The van der Waals surface area contributed by atoms with Crippen LogP contribution in [-0.4, -0.2) is 6.04 Å². The van der Waals surface area contributed by atoms with E-state index in [1.807, 2.05) is 23.8 Å². The summed E-state index contributed by atoms with van der Waals surface area (Å²) in [4.78, 5) is 0. The zero-order chi connectivity index (χ0) is 14.8. The van der Waals surface area contributed by atoms with Crippen molar-refractivity contribution >= 4 is 17.0 Å². The first kappa shape index (κ1) is 14.8. The van der Waals surface area contributed by atoms with Crippen LogP contribution in [0.15, 0.2) is 35.0 Å². The molecule has 0 saturated carbocycles. The van der Waals surface area contributed by atoms with Gasteiger partial charge in [0.15, 0.2) is 0 Å². The van der Waals surface area contributed by atoms with Gasteiger partial charge in [0.1, 0.15) is 5.82 Å². The average Bonchev–Trinajstić information content (AvgIpc) is 2.83. The molecule has 0 aliphatic heterocycles. The molecule has 1 aromatic heterocycles. The Hall–Kier alpha value is -1.56. The van der Waals surface area contributed by atoms with Crippen molar-refractivity contribution in [1.82, 2.24) is 0 Å². The predicted molar refractivity (Wildman–Crippen MR) is 72.5 cm³/mol. The lowest BCUT2D eigenvalue weighted by atomic mass is 10.1. The van der Waals surface area contributed by atoms with Gasteiger partial charge in [0, 0.05) is 6.04 Å². The van der Waals surface area contributed by atoms with Gasteiger partial charge in [0.25, 0.3) is 0 Å². The molecular weight excluding hydrogens is 290 g/mol. The molecule has 0 bridgehead atoms. The maximum Gasteiger partial charge on any atom is 0.416 e. The highest BCUT2D eigenvalue weighted by atomic mass is 32.1. The molecular formula is C14H13F4NS. The average molecular weight is 303 g/mol. The maximum absolute atomic E-state index is 13.7. The number of hydrogen-bond acceptors (Lipinski definition) is 2. The largest absolute Gasteiger partial charge is 0.416 e. The van der Waals surface area contributed by atoms with Gasteiger partial charge in [-0.15, -0.1) is 0 Å². The van der Waals surface area contributed by atoms with E-state index < -0.39 is 17.6 Å². The number of rotatable bonds is 4. The molecule has 1 atom stereocenters. The van der Waals surface area contributed by atoms with E-state index in [1.165, 1.54) is 0 Å². The second-order valence-corrected chi connectivity index (χ2v) is 5.35. The van der Waals surface area contributed by atoms with Gasteiger partial charge in [-0.1, -0.05) is 0 Å². The van der Waals surface area contributed by atoms with Crippen LogP contribution in [0.25, 0.3) is 0 Å². The van der Waals surface area contributed by atoms with Gasteiger partial charge in [-0.2, -0.15) is 24.5 Å². The summed E-state index contributed by atoms with van der Waals surface area (Å²) < 4.78 is 50.9. The van der Waals surface area contributed by atoms with Gasteiger partial charge in [0.2, 0.25) is 0 Å². The molecule has 1 heterocycles. The van der Waals surface area contributed by atoms with Crippen molar-refractivity contribution in [2.24, 2.45) is 0 Å². The van der Waals surface area contributed by atoms with Crippen LogP contribution in [0.2, 0.25) is 0 Å². The summed E-state index contributed by atoms with van der Waals surface area (Å²) in [6.45, 7) is 1.86. The van der Waals surface area contributed by atoms with E-state index in [0.29, 0.717) is 12.5 Å². The Morgan fingerprint density at radius 1 is 1.25 bits per heavy atom. The van der Waals surface area contributed by atoms with Crippen LogP contribution in [0.1, 0.15) is 18.1 Å². The minimum atomic E-state index is -4.53. The minimum absolute atomic E-state index is 0.0733. The van der Waals surface area contributed by atoms with Gasteiger partial charge >= 0.3 is 6.18 Å². The van der Waals surface area contributed by atoms with E-state index in [-0.39, 0.29) is 11.7 Å². The number of nitrogens with one attached hydrogen (secondary N) is 1. The topological polar surface area (TPSA) is 12.0 Å². The van der Waals surface area contributed by atoms with Crippen molar-refractivity contribution in [3.8, 4) is 0 Å². The van der Waals surface area contributed by atoms with Crippen LogP contribution in [0.5, 0.6) is 0 Å². The second kappa shape index (κ2) is 5.83. The summed E-state index contributed by atoms with van der Waals surface area (Å²) in [5, 5.41) is 6.82. The van der Waals surface area contributed by atoms with Crippen LogP contribution in [-0.2, 0) is 12.6 Å². The summed E-state index contributed by atoms with van der Waals surface area (Å²) in [5.74, 6) is -0.892. The number of hydrogen-bond donors (Lipinski definition) is 1. The van der Waals surface area contributed by atoms with E-state index in [2.05, 4.69) is 5.32 Å². The third kappa shape index (κ3) is 3.72. The van der Waals surface area contributed by atoms with Crippen LogP contribution >= 0.6 is 11.3 Å². The molecule has 108 valence electrons. The lowest BCUT2D eigenvalue weighted by molar-refractivity contribution is -0.137. The Balaban J connectivity index is 2.06. The fourth-order valence-electron chi connectivity index (χ4n) is 1.89. The highest BCUT2D eigenvalue weighted by molar-refractivity contribution is 7.07. The van der Waals surface area contributed by atoms with Gasteiger partial charge in [-0.05, 0) is 53.9 Å². The van der Waals surface area contributed by atoms with Gasteiger partial charge in [0.05, 0.1) is 11.3 Å². The molecule has 1 aromatic carbocycles. The third-order valence-corrected chi connectivity index (χ3v) is 3.55.